The molecule has 0 bridgehead atoms. The van der Waals surface area contributed by atoms with Gasteiger partial charge in [0.2, 0.25) is 0 Å². The summed E-state index contributed by atoms with van der Waals surface area (Å²) in [5.41, 5.74) is 6.84. The molecule has 0 heterocycles. The van der Waals surface area contributed by atoms with Gasteiger partial charge in [0, 0.05) is 10.8 Å². The Labute approximate surface area is 182 Å². The molecule has 6 nitrogen and oxygen atoms in total. The van der Waals surface area contributed by atoms with E-state index in [1.807, 2.05) is 0 Å². The summed E-state index contributed by atoms with van der Waals surface area (Å²) in [7, 11) is -4.46. The third-order valence-corrected chi connectivity index (χ3v) is 5.11. The molecule has 0 unspecified atom stereocenters. The fraction of sp³-hybridized carbons (Fsp3) is 0. The van der Waals surface area contributed by atoms with Crippen LogP contribution in [0.25, 0.3) is 10.8 Å². The molecule has 0 fully saturated rings. The molecule has 10 heteroatoms. The maximum absolute atomic E-state index is 11.7. The monoisotopic (exact) mass is 419 g/mol. The van der Waals surface area contributed by atoms with Crippen LogP contribution in [0.5, 0.6) is 0 Å². The number of hydrogen-bond acceptors (Lipinski definition) is 5. The van der Waals surface area contributed by atoms with Gasteiger partial charge in [-0.2, -0.15) is 13.5 Å². The number of nitrogen functional groups attached to an aromatic ring is 1. The summed E-state index contributed by atoms with van der Waals surface area (Å²) in [6, 6.07) is 12.4. The molecule has 3 rings (SSSR count). The summed E-state index contributed by atoms with van der Waals surface area (Å²) in [6.07, 6.45) is 0. The van der Waals surface area contributed by atoms with Crippen LogP contribution >= 0.6 is 23.2 Å². The molecule has 0 saturated carbocycles. The van der Waals surface area contributed by atoms with Gasteiger partial charge in [-0.3, -0.25) is 4.55 Å². The molecule has 130 valence electrons. The van der Waals surface area contributed by atoms with Crippen LogP contribution in [0.1, 0.15) is 0 Å². The minimum atomic E-state index is -4.46. The first-order chi connectivity index (χ1) is 11.8. The average molecular weight is 420 g/mol. The molecular formula is C16H12Cl2N3NaO3S. The zero-order valence-electron chi connectivity index (χ0n) is 12.5. The zero-order chi connectivity index (χ0) is 18.2. The minimum absolute atomic E-state index is 0. The van der Waals surface area contributed by atoms with Crippen molar-refractivity contribution in [3.63, 3.8) is 0 Å². The van der Waals surface area contributed by atoms with Crippen molar-refractivity contribution in [2.24, 2.45) is 10.2 Å². The molecule has 0 saturated heterocycles. The topological polar surface area (TPSA) is 105 Å². The normalized spacial score (nSPS) is 11.7. The van der Waals surface area contributed by atoms with E-state index >= 15 is 0 Å². The van der Waals surface area contributed by atoms with E-state index < -0.39 is 10.1 Å². The number of hydrogen-bond donors (Lipinski definition) is 2. The van der Waals surface area contributed by atoms with Crippen molar-refractivity contribution in [2.75, 3.05) is 5.73 Å². The van der Waals surface area contributed by atoms with Crippen LogP contribution in [0.3, 0.4) is 0 Å². The first-order valence-electron chi connectivity index (χ1n) is 6.93. The summed E-state index contributed by atoms with van der Waals surface area (Å²) in [5.74, 6) is 0. The molecule has 3 aromatic rings. The summed E-state index contributed by atoms with van der Waals surface area (Å²) < 4.78 is 32.8. The van der Waals surface area contributed by atoms with Crippen LogP contribution in [0, 0.1) is 0 Å². The van der Waals surface area contributed by atoms with Crippen molar-refractivity contribution in [3.05, 3.63) is 58.6 Å². The van der Waals surface area contributed by atoms with Gasteiger partial charge in [0.1, 0.15) is 10.6 Å². The standard InChI is InChI=1S/C16H11Cl2N3O3S.Na.H/c17-12-6-5-9(7-13(12)18)20-21-14-8-15(25(22,23)24)10-3-1-2-4-11(10)16(14)19;;/h1-8H,19H2,(H,22,23,24);;/b21-20+;;. The molecule has 0 aliphatic carbocycles. The predicted octanol–water partition coefficient (Wildman–Crippen LogP) is 4.74. The van der Waals surface area contributed by atoms with E-state index in [9.17, 15) is 13.0 Å². The summed E-state index contributed by atoms with van der Waals surface area (Å²) in [5, 5.41) is 9.42. The van der Waals surface area contributed by atoms with Crippen LogP contribution in [-0.4, -0.2) is 42.5 Å². The Morgan fingerprint density at radius 3 is 2.19 bits per heavy atom. The summed E-state index contributed by atoms with van der Waals surface area (Å²) >= 11 is 11.8. The Morgan fingerprint density at radius 1 is 0.923 bits per heavy atom. The molecule has 26 heavy (non-hydrogen) atoms. The number of nitrogens with zero attached hydrogens (tertiary/aromatic N) is 2. The molecule has 0 amide bonds. The fourth-order valence-electron chi connectivity index (χ4n) is 2.31. The average Bonchev–Trinajstić information content (AvgIpc) is 2.56. The second-order valence-electron chi connectivity index (χ2n) is 5.13. The Balaban J connectivity index is 0.00000243. The number of anilines is 1. The quantitative estimate of drug-likeness (QED) is 0.276. The number of azo groups is 1. The first kappa shape index (κ1) is 21.1. The van der Waals surface area contributed by atoms with Gasteiger partial charge >= 0.3 is 29.6 Å². The van der Waals surface area contributed by atoms with Crippen molar-refractivity contribution in [2.45, 2.75) is 4.90 Å². The van der Waals surface area contributed by atoms with E-state index in [0.717, 1.165) is 0 Å². The fourth-order valence-corrected chi connectivity index (χ4v) is 3.31. The predicted molar refractivity (Wildman–Crippen MR) is 106 cm³/mol. The van der Waals surface area contributed by atoms with Crippen molar-refractivity contribution in [3.8, 4) is 0 Å². The molecule has 3 N–H and O–H groups in total. The van der Waals surface area contributed by atoms with E-state index in [0.29, 0.717) is 26.5 Å². The SMILES string of the molecule is Nc1c(/N=N/c2ccc(Cl)c(Cl)c2)cc(S(=O)(=O)O)c2ccccc12.[NaH]. The van der Waals surface area contributed by atoms with E-state index in [1.54, 1.807) is 36.4 Å². The van der Waals surface area contributed by atoms with Crippen LogP contribution < -0.4 is 5.73 Å². The van der Waals surface area contributed by atoms with Gasteiger partial charge in [-0.1, -0.05) is 47.5 Å². The number of halogens is 2. The van der Waals surface area contributed by atoms with E-state index in [4.69, 9.17) is 28.9 Å². The Kier molecular flexibility index (Phi) is 6.68. The number of benzene rings is 3. The molecule has 0 aromatic heterocycles. The Bertz CT molecular complexity index is 1120. The van der Waals surface area contributed by atoms with E-state index in [1.165, 1.54) is 12.1 Å². The molecule has 3 aromatic carbocycles. The van der Waals surface area contributed by atoms with Crippen LogP contribution in [0.4, 0.5) is 17.1 Å². The van der Waals surface area contributed by atoms with E-state index in [-0.39, 0.29) is 45.8 Å². The van der Waals surface area contributed by atoms with Gasteiger partial charge in [-0.15, -0.1) is 5.11 Å². The molecule has 0 spiro atoms. The Morgan fingerprint density at radius 2 is 1.58 bits per heavy atom. The van der Waals surface area contributed by atoms with Gasteiger partial charge in [0.05, 0.1) is 21.4 Å². The van der Waals surface area contributed by atoms with Crippen LogP contribution in [0.15, 0.2) is 63.7 Å². The maximum atomic E-state index is 11.7. The second-order valence-corrected chi connectivity index (χ2v) is 7.33. The van der Waals surface area contributed by atoms with Crippen molar-refractivity contribution in [1.82, 2.24) is 0 Å². The van der Waals surface area contributed by atoms with Gasteiger partial charge in [-0.05, 0) is 24.3 Å². The third kappa shape index (κ3) is 4.37. The second kappa shape index (κ2) is 8.22. The molecule has 0 aliphatic rings. The summed E-state index contributed by atoms with van der Waals surface area (Å²) in [6.45, 7) is 0. The van der Waals surface area contributed by atoms with Crippen LogP contribution in [0.2, 0.25) is 10.0 Å². The molecular weight excluding hydrogens is 408 g/mol. The van der Waals surface area contributed by atoms with Gasteiger partial charge < -0.3 is 5.73 Å². The van der Waals surface area contributed by atoms with Gasteiger partial charge in [0.25, 0.3) is 10.1 Å². The molecule has 0 radical (unpaired) electrons. The number of nitrogens with two attached hydrogens (primary N) is 1. The van der Waals surface area contributed by atoms with Crippen molar-refractivity contribution >= 4 is 90.7 Å². The van der Waals surface area contributed by atoms with E-state index in [2.05, 4.69) is 10.2 Å². The summed E-state index contributed by atoms with van der Waals surface area (Å²) in [4.78, 5) is -0.291. The van der Waals surface area contributed by atoms with Gasteiger partial charge in [-0.25, -0.2) is 0 Å². The van der Waals surface area contributed by atoms with Crippen molar-refractivity contribution < 1.29 is 13.0 Å². The van der Waals surface area contributed by atoms with Gasteiger partial charge in [0.15, 0.2) is 0 Å². The molecule has 0 aliphatic heterocycles. The van der Waals surface area contributed by atoms with Crippen LogP contribution in [-0.2, 0) is 10.1 Å². The number of rotatable bonds is 3. The zero-order valence-corrected chi connectivity index (χ0v) is 14.8. The third-order valence-electron chi connectivity index (χ3n) is 3.48. The van der Waals surface area contributed by atoms with Crippen molar-refractivity contribution in [1.29, 1.82) is 0 Å². The Hall–Kier alpha value is -1.19. The molecule has 0 atom stereocenters. The number of fused-ring (bicyclic) bond motifs is 1. The first-order valence-corrected chi connectivity index (χ1v) is 9.12.